The molecule has 0 spiro atoms. The zero-order chi connectivity index (χ0) is 15.9. The third kappa shape index (κ3) is 2.44. The van der Waals surface area contributed by atoms with Crippen molar-refractivity contribution in [1.29, 1.82) is 0 Å². The average Bonchev–Trinajstić information content (AvgIpc) is 3.06. The lowest BCUT2D eigenvalue weighted by atomic mass is 10.3. The summed E-state index contributed by atoms with van der Waals surface area (Å²) in [6.07, 6.45) is 0. The van der Waals surface area contributed by atoms with Crippen molar-refractivity contribution in [2.24, 2.45) is 12.0 Å². The van der Waals surface area contributed by atoms with Crippen LogP contribution in [-0.4, -0.2) is 15.4 Å². The number of hydrogen-bond donors (Lipinski definition) is 0. The second-order valence-electron chi connectivity index (χ2n) is 4.34. The Kier molecular flexibility index (Phi) is 3.59. The van der Waals surface area contributed by atoms with Crippen molar-refractivity contribution in [2.45, 2.75) is 0 Å². The van der Waals surface area contributed by atoms with E-state index in [4.69, 9.17) is 0 Å². The number of thiazole rings is 1. The minimum atomic E-state index is -0.583. The fourth-order valence-corrected chi connectivity index (χ4v) is 3.68. The molecule has 6 nitrogen and oxygen atoms in total. The van der Waals surface area contributed by atoms with E-state index in [1.54, 1.807) is 19.2 Å². The fourth-order valence-electron chi connectivity index (χ4n) is 1.95. The Morgan fingerprint density at radius 2 is 2.09 bits per heavy atom. The number of benzene rings is 1. The standard InChI is InChI=1S/C13H8FN3O3S2/c1-16-11-7(14)3-2-4-8(11)22-13(16)15-12(18)9-5-6-10(21-9)17(19)20/h2-6H,1H3. The Bertz CT molecular complexity index is 970. The maximum Gasteiger partial charge on any atom is 0.324 e. The van der Waals surface area contributed by atoms with E-state index in [0.29, 0.717) is 15.0 Å². The lowest BCUT2D eigenvalue weighted by Crippen LogP contribution is -2.13. The minimum Gasteiger partial charge on any atom is -0.317 e. The van der Waals surface area contributed by atoms with E-state index in [9.17, 15) is 19.3 Å². The van der Waals surface area contributed by atoms with Crippen molar-refractivity contribution in [3.63, 3.8) is 0 Å². The average molecular weight is 337 g/mol. The van der Waals surface area contributed by atoms with Crippen LogP contribution in [0.15, 0.2) is 35.3 Å². The molecule has 3 rings (SSSR count). The van der Waals surface area contributed by atoms with Gasteiger partial charge in [0.2, 0.25) is 0 Å². The Labute approximate surface area is 130 Å². The molecule has 2 heterocycles. The molecule has 2 aromatic heterocycles. The molecule has 0 bridgehead atoms. The van der Waals surface area contributed by atoms with Crippen LogP contribution in [-0.2, 0) is 7.05 Å². The van der Waals surface area contributed by atoms with Gasteiger partial charge in [0.15, 0.2) is 4.80 Å². The molecule has 0 radical (unpaired) electrons. The monoisotopic (exact) mass is 337 g/mol. The van der Waals surface area contributed by atoms with Crippen molar-refractivity contribution in [3.8, 4) is 0 Å². The van der Waals surface area contributed by atoms with E-state index in [1.807, 2.05) is 0 Å². The number of nitrogens with zero attached hydrogens (tertiary/aromatic N) is 3. The van der Waals surface area contributed by atoms with Gasteiger partial charge in [-0.05, 0) is 18.2 Å². The molecule has 9 heteroatoms. The predicted molar refractivity (Wildman–Crippen MR) is 81.6 cm³/mol. The molecule has 1 amide bonds. The first-order valence-corrected chi connectivity index (χ1v) is 7.68. The lowest BCUT2D eigenvalue weighted by Gasteiger charge is -1.96. The SMILES string of the molecule is Cn1c(=NC(=O)c2ccc([N+](=O)[O-])s2)sc2cccc(F)c21. The van der Waals surface area contributed by atoms with Crippen LogP contribution in [0.1, 0.15) is 9.67 Å². The van der Waals surface area contributed by atoms with Crippen LogP contribution in [0.25, 0.3) is 10.2 Å². The van der Waals surface area contributed by atoms with Crippen LogP contribution in [0.3, 0.4) is 0 Å². The molecule has 0 N–H and O–H groups in total. The third-order valence-corrected chi connectivity index (χ3v) is 5.08. The highest BCUT2D eigenvalue weighted by Crippen LogP contribution is 2.24. The molecule has 0 fully saturated rings. The predicted octanol–water partition coefficient (Wildman–Crippen LogP) is 3.09. The number of amides is 1. The molecule has 0 aliphatic heterocycles. The fraction of sp³-hybridized carbons (Fsp3) is 0.0769. The third-order valence-electron chi connectivity index (χ3n) is 2.95. The van der Waals surface area contributed by atoms with Crippen molar-refractivity contribution in [3.05, 3.63) is 55.9 Å². The first-order valence-electron chi connectivity index (χ1n) is 6.04. The van der Waals surface area contributed by atoms with Gasteiger partial charge in [-0.15, -0.1) is 0 Å². The number of carbonyl (C=O) groups excluding carboxylic acids is 1. The summed E-state index contributed by atoms with van der Waals surface area (Å²) in [6, 6.07) is 7.29. The minimum absolute atomic E-state index is 0.120. The Balaban J connectivity index is 2.08. The summed E-state index contributed by atoms with van der Waals surface area (Å²) in [5, 5.41) is 10.5. The highest BCUT2D eigenvalue weighted by Gasteiger charge is 2.15. The first kappa shape index (κ1) is 14.5. The highest BCUT2D eigenvalue weighted by molar-refractivity contribution is 7.17. The van der Waals surface area contributed by atoms with Crippen molar-refractivity contribution in [1.82, 2.24) is 4.57 Å². The van der Waals surface area contributed by atoms with Crippen LogP contribution in [0, 0.1) is 15.9 Å². The van der Waals surface area contributed by atoms with Crippen LogP contribution in [0.2, 0.25) is 0 Å². The van der Waals surface area contributed by atoms with Gasteiger partial charge in [-0.1, -0.05) is 28.7 Å². The second-order valence-corrected chi connectivity index (χ2v) is 6.41. The lowest BCUT2D eigenvalue weighted by molar-refractivity contribution is -0.380. The molecular formula is C13H8FN3O3S2. The number of thiophene rings is 1. The molecular weight excluding hydrogens is 329 g/mol. The molecule has 0 saturated heterocycles. The number of nitro groups is 1. The summed E-state index contributed by atoms with van der Waals surface area (Å²) in [7, 11) is 1.62. The molecule has 1 aromatic carbocycles. The highest BCUT2D eigenvalue weighted by atomic mass is 32.1. The summed E-state index contributed by atoms with van der Waals surface area (Å²) < 4.78 is 16.0. The number of aromatic nitrogens is 1. The first-order chi connectivity index (χ1) is 10.5. The van der Waals surface area contributed by atoms with Gasteiger partial charge in [0.25, 0.3) is 5.91 Å². The zero-order valence-electron chi connectivity index (χ0n) is 11.1. The van der Waals surface area contributed by atoms with E-state index in [-0.39, 0.29) is 9.88 Å². The summed E-state index contributed by atoms with van der Waals surface area (Å²) in [5.41, 5.74) is 0.371. The van der Waals surface area contributed by atoms with E-state index in [0.717, 1.165) is 11.3 Å². The maximum absolute atomic E-state index is 13.8. The molecule has 22 heavy (non-hydrogen) atoms. The largest absolute Gasteiger partial charge is 0.324 e. The van der Waals surface area contributed by atoms with Crippen LogP contribution in [0.5, 0.6) is 0 Å². The van der Waals surface area contributed by atoms with Gasteiger partial charge in [-0.3, -0.25) is 14.9 Å². The number of halogens is 1. The van der Waals surface area contributed by atoms with Crippen molar-refractivity contribution < 1.29 is 14.1 Å². The number of carbonyl (C=O) groups is 1. The molecule has 0 saturated carbocycles. The van der Waals surface area contributed by atoms with Gasteiger partial charge in [0, 0.05) is 13.1 Å². The Morgan fingerprint density at radius 3 is 2.73 bits per heavy atom. The van der Waals surface area contributed by atoms with Gasteiger partial charge in [-0.25, -0.2) is 4.39 Å². The molecule has 0 atom stereocenters. The maximum atomic E-state index is 13.8. The number of fused-ring (bicyclic) bond motifs is 1. The van der Waals surface area contributed by atoms with Crippen molar-refractivity contribution >= 4 is 43.8 Å². The number of hydrogen-bond acceptors (Lipinski definition) is 5. The summed E-state index contributed by atoms with van der Waals surface area (Å²) >= 11 is 1.94. The van der Waals surface area contributed by atoms with E-state index < -0.39 is 16.6 Å². The summed E-state index contributed by atoms with van der Waals surface area (Å²) in [6.45, 7) is 0. The van der Waals surface area contributed by atoms with Gasteiger partial charge < -0.3 is 4.57 Å². The molecule has 112 valence electrons. The number of aryl methyl sites for hydroxylation is 1. The number of rotatable bonds is 2. The molecule has 0 aliphatic carbocycles. The van der Waals surface area contributed by atoms with E-state index in [2.05, 4.69) is 4.99 Å². The van der Waals surface area contributed by atoms with E-state index in [1.165, 1.54) is 34.1 Å². The zero-order valence-corrected chi connectivity index (χ0v) is 12.8. The van der Waals surface area contributed by atoms with Crippen LogP contribution in [0.4, 0.5) is 9.39 Å². The van der Waals surface area contributed by atoms with Crippen molar-refractivity contribution in [2.75, 3.05) is 0 Å². The number of para-hydroxylation sites is 1. The quantitative estimate of drug-likeness (QED) is 0.532. The molecule has 3 aromatic rings. The summed E-state index contributed by atoms with van der Waals surface area (Å²) in [5.74, 6) is -0.974. The van der Waals surface area contributed by atoms with Crippen LogP contribution >= 0.6 is 22.7 Å². The van der Waals surface area contributed by atoms with Gasteiger partial charge in [0.1, 0.15) is 10.7 Å². The van der Waals surface area contributed by atoms with Gasteiger partial charge in [0.05, 0.1) is 15.1 Å². The molecule has 0 aliphatic rings. The van der Waals surface area contributed by atoms with Gasteiger partial charge in [-0.2, -0.15) is 4.99 Å². The topological polar surface area (TPSA) is 77.5 Å². The van der Waals surface area contributed by atoms with Crippen LogP contribution < -0.4 is 4.80 Å². The summed E-state index contributed by atoms with van der Waals surface area (Å²) in [4.78, 5) is 26.6. The Hall–Kier alpha value is -2.39. The normalized spacial score (nSPS) is 12.0. The van der Waals surface area contributed by atoms with E-state index >= 15 is 0 Å². The van der Waals surface area contributed by atoms with Gasteiger partial charge >= 0.3 is 5.00 Å². The molecule has 0 unspecified atom stereocenters. The smallest absolute Gasteiger partial charge is 0.317 e. The second kappa shape index (κ2) is 5.43. The Morgan fingerprint density at radius 1 is 1.32 bits per heavy atom.